The fourth-order valence-corrected chi connectivity index (χ4v) is 5.12. The van der Waals surface area contributed by atoms with E-state index in [1.165, 1.54) is 51.4 Å². The summed E-state index contributed by atoms with van der Waals surface area (Å²) in [7, 11) is -4.64. The van der Waals surface area contributed by atoms with Crippen LogP contribution in [0.3, 0.4) is 0 Å². The van der Waals surface area contributed by atoms with E-state index in [9.17, 15) is 9.36 Å². The zero-order valence-corrected chi connectivity index (χ0v) is 26.3. The van der Waals surface area contributed by atoms with E-state index in [4.69, 9.17) is 19.0 Å². The zero-order valence-electron chi connectivity index (χ0n) is 25.4. The first-order chi connectivity index (χ1) is 20.4. The third kappa shape index (κ3) is 18.9. The van der Waals surface area contributed by atoms with Crippen LogP contribution >= 0.6 is 7.82 Å². The van der Waals surface area contributed by atoms with Crippen LogP contribution in [0.4, 0.5) is 0 Å². The Hall–Kier alpha value is -2.44. The lowest BCUT2D eigenvalue weighted by Gasteiger charge is -2.19. The Morgan fingerprint density at radius 3 is 2.02 bits per heavy atom. The Kier molecular flexibility index (Phi) is 18.9. The number of rotatable bonds is 24. The van der Waals surface area contributed by atoms with E-state index < -0.39 is 13.9 Å². The SMILES string of the molecule is CCCCCCCC/C=C/CCCCCCCC(=O)N[C@H](COP(=O)(O)O)Cc1ccc(OCc2ccccc2)cc1. The topological polar surface area (TPSA) is 105 Å². The number of ether oxygens (including phenoxy) is 1. The summed E-state index contributed by atoms with van der Waals surface area (Å²) in [4.78, 5) is 30.9. The van der Waals surface area contributed by atoms with Gasteiger partial charge in [-0.05, 0) is 61.8 Å². The van der Waals surface area contributed by atoms with Gasteiger partial charge in [-0.25, -0.2) is 4.57 Å². The normalized spacial score (nSPS) is 12.5. The molecule has 0 saturated heterocycles. The fourth-order valence-electron chi connectivity index (χ4n) is 4.74. The first-order valence-corrected chi connectivity index (χ1v) is 17.3. The van der Waals surface area contributed by atoms with Gasteiger partial charge in [0.15, 0.2) is 0 Å². The smallest absolute Gasteiger partial charge is 0.469 e. The fraction of sp³-hybridized carbons (Fsp3) is 0.559. The summed E-state index contributed by atoms with van der Waals surface area (Å²) in [6.07, 6.45) is 21.0. The standard InChI is InChI=1S/C34H52NO6P/c1-2-3-4-5-6-7-8-9-10-11-12-13-14-15-19-22-34(36)35-32(29-41-42(37,38)39)27-30-23-25-33(26-24-30)40-28-31-20-17-16-18-21-31/h9-10,16-18,20-21,23-26,32H,2-8,11-15,19,22,27-29H2,1H3,(H,35,36)(H2,37,38,39)/b10-9+/t32-/m0/s1. The largest absolute Gasteiger partial charge is 0.489 e. The number of phosphoric ester groups is 1. The summed E-state index contributed by atoms with van der Waals surface area (Å²) in [5.41, 5.74) is 1.98. The van der Waals surface area contributed by atoms with Crippen LogP contribution in [-0.4, -0.2) is 28.3 Å². The summed E-state index contributed by atoms with van der Waals surface area (Å²) >= 11 is 0. The molecule has 0 aliphatic heterocycles. The van der Waals surface area contributed by atoms with Crippen LogP contribution in [0.5, 0.6) is 5.75 Å². The number of nitrogens with one attached hydrogen (secondary N) is 1. The summed E-state index contributed by atoms with van der Waals surface area (Å²) in [6.45, 7) is 2.44. The molecule has 1 amide bonds. The van der Waals surface area contributed by atoms with Crippen molar-refractivity contribution in [1.29, 1.82) is 0 Å². The molecule has 42 heavy (non-hydrogen) atoms. The Morgan fingerprint density at radius 1 is 0.810 bits per heavy atom. The summed E-state index contributed by atoms with van der Waals surface area (Å²) < 4.78 is 21.8. The zero-order chi connectivity index (χ0) is 30.3. The van der Waals surface area contributed by atoms with E-state index in [-0.39, 0.29) is 12.5 Å². The van der Waals surface area contributed by atoms with Gasteiger partial charge in [-0.1, -0.05) is 113 Å². The van der Waals surface area contributed by atoms with Crippen molar-refractivity contribution >= 4 is 13.7 Å². The minimum atomic E-state index is -4.64. The predicted molar refractivity (Wildman–Crippen MR) is 170 cm³/mol. The van der Waals surface area contributed by atoms with Gasteiger partial charge in [0.25, 0.3) is 0 Å². The summed E-state index contributed by atoms with van der Waals surface area (Å²) in [5, 5.41) is 2.90. The number of benzene rings is 2. The number of allylic oxidation sites excluding steroid dienone is 2. The van der Waals surface area contributed by atoms with Crippen LogP contribution in [-0.2, 0) is 26.9 Å². The molecule has 234 valence electrons. The lowest BCUT2D eigenvalue weighted by molar-refractivity contribution is -0.122. The number of hydrogen-bond acceptors (Lipinski definition) is 4. The molecular formula is C34H52NO6P. The van der Waals surface area contributed by atoms with E-state index in [0.29, 0.717) is 19.4 Å². The second kappa shape index (κ2) is 22.1. The van der Waals surface area contributed by atoms with Crippen LogP contribution < -0.4 is 10.1 Å². The van der Waals surface area contributed by atoms with Crippen molar-refractivity contribution in [2.24, 2.45) is 0 Å². The lowest BCUT2D eigenvalue weighted by atomic mass is 10.1. The number of hydrogen-bond donors (Lipinski definition) is 3. The molecule has 2 aromatic carbocycles. The molecule has 0 saturated carbocycles. The third-order valence-electron chi connectivity index (χ3n) is 7.13. The Bertz CT molecular complexity index is 1040. The van der Waals surface area contributed by atoms with Gasteiger partial charge in [0.1, 0.15) is 12.4 Å². The van der Waals surface area contributed by atoms with Crippen molar-refractivity contribution in [3.8, 4) is 5.75 Å². The minimum Gasteiger partial charge on any atom is -0.489 e. The molecule has 0 aliphatic carbocycles. The van der Waals surface area contributed by atoms with Gasteiger partial charge in [-0.15, -0.1) is 0 Å². The average molecular weight is 602 g/mol. The first kappa shape index (κ1) is 35.8. The maximum Gasteiger partial charge on any atom is 0.469 e. The Balaban J connectivity index is 1.63. The molecule has 7 nitrogen and oxygen atoms in total. The third-order valence-corrected chi connectivity index (χ3v) is 7.61. The van der Waals surface area contributed by atoms with Crippen LogP contribution in [0.15, 0.2) is 66.7 Å². The van der Waals surface area contributed by atoms with Gasteiger partial charge in [-0.2, -0.15) is 0 Å². The number of phosphoric acid groups is 1. The van der Waals surface area contributed by atoms with Crippen molar-refractivity contribution in [2.75, 3.05) is 6.61 Å². The van der Waals surface area contributed by atoms with Crippen molar-refractivity contribution < 1.29 is 28.4 Å². The highest BCUT2D eigenvalue weighted by Gasteiger charge is 2.20. The van der Waals surface area contributed by atoms with Crippen LogP contribution in [0.1, 0.15) is 108 Å². The van der Waals surface area contributed by atoms with Gasteiger partial charge in [0.2, 0.25) is 5.91 Å². The quantitative estimate of drug-likeness (QED) is 0.0634. The van der Waals surface area contributed by atoms with Crippen molar-refractivity contribution in [1.82, 2.24) is 5.32 Å². The monoisotopic (exact) mass is 601 g/mol. The van der Waals surface area contributed by atoms with Crippen molar-refractivity contribution in [3.05, 3.63) is 77.9 Å². The molecule has 0 heterocycles. The lowest BCUT2D eigenvalue weighted by Crippen LogP contribution is -2.39. The Morgan fingerprint density at radius 2 is 1.40 bits per heavy atom. The van der Waals surface area contributed by atoms with E-state index in [1.807, 2.05) is 54.6 Å². The predicted octanol–water partition coefficient (Wildman–Crippen LogP) is 8.44. The number of amides is 1. The highest BCUT2D eigenvalue weighted by atomic mass is 31.2. The van der Waals surface area contributed by atoms with Crippen molar-refractivity contribution in [3.63, 3.8) is 0 Å². The highest BCUT2D eigenvalue weighted by molar-refractivity contribution is 7.46. The van der Waals surface area contributed by atoms with Crippen LogP contribution in [0, 0.1) is 0 Å². The molecule has 0 aliphatic rings. The molecule has 0 unspecified atom stereocenters. The van der Waals surface area contributed by atoms with Gasteiger partial charge in [0, 0.05) is 6.42 Å². The molecule has 1 atom stereocenters. The molecule has 0 bridgehead atoms. The minimum absolute atomic E-state index is 0.130. The average Bonchev–Trinajstić information content (AvgIpc) is 2.97. The van der Waals surface area contributed by atoms with E-state index in [0.717, 1.165) is 49.0 Å². The second-order valence-corrected chi connectivity index (χ2v) is 12.2. The van der Waals surface area contributed by atoms with Gasteiger partial charge in [0.05, 0.1) is 12.6 Å². The van der Waals surface area contributed by atoms with Crippen LogP contribution in [0.2, 0.25) is 0 Å². The Labute approximate surface area is 253 Å². The number of carbonyl (C=O) groups excluding carboxylic acids is 1. The maximum absolute atomic E-state index is 12.6. The van der Waals surface area contributed by atoms with Crippen molar-refractivity contribution in [2.45, 2.75) is 116 Å². The second-order valence-electron chi connectivity index (χ2n) is 11.0. The molecule has 8 heteroatoms. The highest BCUT2D eigenvalue weighted by Crippen LogP contribution is 2.35. The van der Waals surface area contributed by atoms with E-state index >= 15 is 0 Å². The molecule has 3 N–H and O–H groups in total. The molecule has 0 radical (unpaired) electrons. The van der Waals surface area contributed by atoms with Gasteiger partial charge >= 0.3 is 7.82 Å². The molecule has 0 spiro atoms. The molecule has 0 aromatic heterocycles. The van der Waals surface area contributed by atoms with E-state index in [2.05, 4.69) is 24.4 Å². The number of carbonyl (C=O) groups is 1. The van der Waals surface area contributed by atoms with Gasteiger partial charge in [-0.3, -0.25) is 9.32 Å². The molecule has 0 fully saturated rings. The van der Waals surface area contributed by atoms with Gasteiger partial charge < -0.3 is 19.8 Å². The number of unbranched alkanes of at least 4 members (excludes halogenated alkanes) is 11. The molecular weight excluding hydrogens is 549 g/mol. The summed E-state index contributed by atoms with van der Waals surface area (Å²) in [6, 6.07) is 16.8. The summed E-state index contributed by atoms with van der Waals surface area (Å²) in [5.74, 6) is 0.591. The van der Waals surface area contributed by atoms with Crippen LogP contribution in [0.25, 0.3) is 0 Å². The maximum atomic E-state index is 12.6. The molecule has 2 rings (SSSR count). The van der Waals surface area contributed by atoms with E-state index in [1.54, 1.807) is 0 Å². The first-order valence-electron chi connectivity index (χ1n) is 15.8. The molecule has 2 aromatic rings.